The molecule has 0 aromatic heterocycles. The summed E-state index contributed by atoms with van der Waals surface area (Å²) in [5.74, 6) is -1.32. The topological polar surface area (TPSA) is 95.6 Å². The minimum Gasteiger partial charge on any atom is -0.346 e. The molecule has 0 radical (unpaired) electrons. The maximum absolute atomic E-state index is 12.9. The fourth-order valence-corrected chi connectivity index (χ4v) is 5.48. The first-order valence-electron chi connectivity index (χ1n) is 9.55. The van der Waals surface area contributed by atoms with Crippen LogP contribution in [0.25, 0.3) is 0 Å². The standard InChI is InChI=1S/C19H27N3O4S/c1-14-8-10-17(11-9-14)27(25,26)22-12-4-7-16(22)13-20-18(23)19(24)21-15-5-2-3-6-15/h8-11,15-16H,2-7,12-13H2,1H3,(H,20,23)(H,21,24)/t16-/m1/s1. The molecule has 1 heterocycles. The average Bonchev–Trinajstić information content (AvgIpc) is 3.31. The lowest BCUT2D eigenvalue weighted by Crippen LogP contribution is -2.48. The van der Waals surface area contributed by atoms with Gasteiger partial charge in [0, 0.05) is 25.2 Å². The minimum absolute atomic E-state index is 0.0770. The molecule has 1 aliphatic heterocycles. The van der Waals surface area contributed by atoms with Crippen LogP contribution in [0.5, 0.6) is 0 Å². The lowest BCUT2D eigenvalue weighted by atomic mass is 10.2. The predicted octanol–water partition coefficient (Wildman–Crippen LogP) is 1.32. The predicted molar refractivity (Wildman–Crippen MR) is 102 cm³/mol. The Balaban J connectivity index is 1.58. The highest BCUT2D eigenvalue weighted by Crippen LogP contribution is 2.26. The first-order valence-corrected chi connectivity index (χ1v) is 11.0. The molecule has 2 aliphatic rings. The summed E-state index contributed by atoms with van der Waals surface area (Å²) in [7, 11) is -3.61. The van der Waals surface area contributed by atoms with Gasteiger partial charge in [-0.3, -0.25) is 9.59 Å². The molecule has 0 bridgehead atoms. The molecule has 7 nitrogen and oxygen atoms in total. The van der Waals surface area contributed by atoms with Crippen LogP contribution in [0, 0.1) is 6.92 Å². The fraction of sp³-hybridized carbons (Fsp3) is 0.579. The Morgan fingerprint density at radius 2 is 1.70 bits per heavy atom. The molecule has 1 saturated carbocycles. The van der Waals surface area contributed by atoms with E-state index in [0.717, 1.165) is 37.7 Å². The maximum atomic E-state index is 12.9. The minimum atomic E-state index is -3.61. The van der Waals surface area contributed by atoms with E-state index in [9.17, 15) is 18.0 Å². The SMILES string of the molecule is Cc1ccc(S(=O)(=O)N2CCC[C@@H]2CNC(=O)C(=O)NC2CCCC2)cc1. The lowest BCUT2D eigenvalue weighted by molar-refractivity contribution is -0.139. The number of amides is 2. The Bertz CT molecular complexity index is 786. The van der Waals surface area contributed by atoms with Gasteiger partial charge in [0.1, 0.15) is 0 Å². The summed E-state index contributed by atoms with van der Waals surface area (Å²) in [5.41, 5.74) is 0.993. The molecule has 2 N–H and O–H groups in total. The summed E-state index contributed by atoms with van der Waals surface area (Å²) < 4.78 is 27.2. The number of nitrogens with zero attached hydrogens (tertiary/aromatic N) is 1. The molecule has 1 aliphatic carbocycles. The van der Waals surface area contributed by atoms with Crippen LogP contribution in [0.15, 0.2) is 29.2 Å². The zero-order valence-electron chi connectivity index (χ0n) is 15.6. The first kappa shape index (κ1) is 19.8. The summed E-state index contributed by atoms with van der Waals surface area (Å²) in [6.45, 7) is 2.47. The van der Waals surface area contributed by atoms with Crippen molar-refractivity contribution in [2.45, 2.75) is 62.4 Å². The van der Waals surface area contributed by atoms with Crippen LogP contribution in [-0.4, -0.2) is 49.7 Å². The second-order valence-electron chi connectivity index (χ2n) is 7.39. The van der Waals surface area contributed by atoms with Crippen LogP contribution in [0.1, 0.15) is 44.1 Å². The summed E-state index contributed by atoms with van der Waals surface area (Å²) in [6.07, 6.45) is 5.35. The van der Waals surface area contributed by atoms with Gasteiger partial charge in [-0.25, -0.2) is 8.42 Å². The van der Waals surface area contributed by atoms with Crippen molar-refractivity contribution in [2.24, 2.45) is 0 Å². The molecule has 2 amide bonds. The number of hydrogen-bond acceptors (Lipinski definition) is 4. The molecule has 1 aromatic rings. The van der Waals surface area contributed by atoms with Crippen LogP contribution < -0.4 is 10.6 Å². The van der Waals surface area contributed by atoms with E-state index in [0.29, 0.717) is 13.0 Å². The third-order valence-electron chi connectivity index (χ3n) is 5.35. The van der Waals surface area contributed by atoms with Gasteiger partial charge < -0.3 is 10.6 Å². The molecule has 0 unspecified atom stereocenters. The van der Waals surface area contributed by atoms with Gasteiger partial charge in [-0.15, -0.1) is 0 Å². The lowest BCUT2D eigenvalue weighted by Gasteiger charge is -2.24. The van der Waals surface area contributed by atoms with Gasteiger partial charge in [0.05, 0.1) is 4.90 Å². The number of sulfonamides is 1. The highest BCUT2D eigenvalue weighted by molar-refractivity contribution is 7.89. The quantitative estimate of drug-likeness (QED) is 0.738. The number of rotatable bonds is 5. The Hall–Kier alpha value is -1.93. The number of benzene rings is 1. The average molecular weight is 394 g/mol. The van der Waals surface area contributed by atoms with Gasteiger partial charge in [-0.2, -0.15) is 4.31 Å². The second-order valence-corrected chi connectivity index (χ2v) is 9.28. The molecule has 8 heteroatoms. The largest absolute Gasteiger partial charge is 0.346 e. The zero-order chi connectivity index (χ0) is 19.4. The molecule has 27 heavy (non-hydrogen) atoms. The van der Waals surface area contributed by atoms with Gasteiger partial charge in [0.15, 0.2) is 0 Å². The molecule has 1 atom stereocenters. The molecule has 1 saturated heterocycles. The van der Waals surface area contributed by atoms with Crippen molar-refractivity contribution in [1.29, 1.82) is 0 Å². The summed E-state index contributed by atoms with van der Waals surface area (Å²) >= 11 is 0. The second kappa shape index (κ2) is 8.39. The summed E-state index contributed by atoms with van der Waals surface area (Å²) in [4.78, 5) is 24.3. The van der Waals surface area contributed by atoms with Crippen molar-refractivity contribution < 1.29 is 18.0 Å². The molecule has 3 rings (SSSR count). The smallest absolute Gasteiger partial charge is 0.309 e. The van der Waals surface area contributed by atoms with Crippen LogP contribution >= 0.6 is 0 Å². The van der Waals surface area contributed by atoms with Crippen LogP contribution in [-0.2, 0) is 19.6 Å². The number of carbonyl (C=O) groups excluding carboxylic acids is 2. The zero-order valence-corrected chi connectivity index (χ0v) is 16.4. The normalized spacial score (nSPS) is 21.3. The van der Waals surface area contributed by atoms with Crippen molar-refractivity contribution >= 4 is 21.8 Å². The summed E-state index contributed by atoms with van der Waals surface area (Å²) in [6, 6.07) is 6.49. The Labute approximate surface area is 160 Å². The molecule has 0 spiro atoms. The molecule has 2 fully saturated rings. The highest BCUT2D eigenvalue weighted by atomic mass is 32.2. The Morgan fingerprint density at radius 3 is 2.37 bits per heavy atom. The van der Waals surface area contributed by atoms with Gasteiger partial charge >= 0.3 is 11.8 Å². The van der Waals surface area contributed by atoms with Crippen molar-refractivity contribution in [1.82, 2.24) is 14.9 Å². The van der Waals surface area contributed by atoms with E-state index in [-0.39, 0.29) is 23.5 Å². The van der Waals surface area contributed by atoms with E-state index in [1.165, 1.54) is 4.31 Å². The monoisotopic (exact) mass is 393 g/mol. The fourth-order valence-electron chi connectivity index (χ4n) is 3.79. The van der Waals surface area contributed by atoms with Gasteiger partial charge in [-0.05, 0) is 44.7 Å². The van der Waals surface area contributed by atoms with Crippen molar-refractivity contribution in [2.75, 3.05) is 13.1 Å². The van der Waals surface area contributed by atoms with Crippen molar-refractivity contribution in [3.8, 4) is 0 Å². The number of carbonyl (C=O) groups is 2. The van der Waals surface area contributed by atoms with Gasteiger partial charge in [0.2, 0.25) is 10.0 Å². The van der Waals surface area contributed by atoms with E-state index < -0.39 is 21.8 Å². The molecule has 1 aromatic carbocycles. The maximum Gasteiger partial charge on any atom is 0.309 e. The van der Waals surface area contributed by atoms with Gasteiger partial charge in [-0.1, -0.05) is 30.5 Å². The van der Waals surface area contributed by atoms with E-state index in [1.54, 1.807) is 24.3 Å². The Kier molecular flexibility index (Phi) is 6.16. The van der Waals surface area contributed by atoms with E-state index in [1.807, 2.05) is 6.92 Å². The van der Waals surface area contributed by atoms with Crippen LogP contribution in [0.2, 0.25) is 0 Å². The van der Waals surface area contributed by atoms with E-state index in [4.69, 9.17) is 0 Å². The molecule has 148 valence electrons. The molecular weight excluding hydrogens is 366 g/mol. The number of hydrogen-bond donors (Lipinski definition) is 2. The van der Waals surface area contributed by atoms with Gasteiger partial charge in [0.25, 0.3) is 0 Å². The number of nitrogens with one attached hydrogen (secondary N) is 2. The third-order valence-corrected chi connectivity index (χ3v) is 7.31. The van der Waals surface area contributed by atoms with Crippen molar-refractivity contribution in [3.63, 3.8) is 0 Å². The highest BCUT2D eigenvalue weighted by Gasteiger charge is 2.35. The van der Waals surface area contributed by atoms with E-state index >= 15 is 0 Å². The first-order chi connectivity index (χ1) is 12.9. The van der Waals surface area contributed by atoms with E-state index in [2.05, 4.69) is 10.6 Å². The van der Waals surface area contributed by atoms with Crippen LogP contribution in [0.3, 0.4) is 0 Å². The van der Waals surface area contributed by atoms with Crippen molar-refractivity contribution in [3.05, 3.63) is 29.8 Å². The Morgan fingerprint density at radius 1 is 1.04 bits per heavy atom. The third kappa shape index (κ3) is 4.68. The number of aryl methyl sites for hydroxylation is 1. The summed E-state index contributed by atoms with van der Waals surface area (Å²) in [5, 5.41) is 5.35. The molecular formula is C19H27N3O4S. The van der Waals surface area contributed by atoms with Crippen LogP contribution in [0.4, 0.5) is 0 Å².